The first-order valence-corrected chi connectivity index (χ1v) is 7.61. The van der Waals surface area contributed by atoms with Crippen molar-refractivity contribution in [3.63, 3.8) is 0 Å². The van der Waals surface area contributed by atoms with Crippen molar-refractivity contribution < 1.29 is 13.2 Å². The molecule has 1 fully saturated rings. The number of carbonyl (C=O) groups excluding carboxylic acids is 1. The number of amides is 1. The number of rotatable bonds is 2. The van der Waals surface area contributed by atoms with Crippen LogP contribution in [0.2, 0.25) is 0 Å². The van der Waals surface area contributed by atoms with Gasteiger partial charge in [0.05, 0.1) is 4.90 Å². The molecule has 2 heterocycles. The zero-order valence-electron chi connectivity index (χ0n) is 11.7. The molecule has 1 aromatic heterocycles. The van der Waals surface area contributed by atoms with Crippen molar-refractivity contribution in [2.45, 2.75) is 24.3 Å². The number of nitrogens with zero attached hydrogens (tertiary/aromatic N) is 3. The average Bonchev–Trinajstić information content (AvgIpc) is 2.35. The Morgan fingerprint density at radius 3 is 2.60 bits per heavy atom. The summed E-state index contributed by atoms with van der Waals surface area (Å²) >= 11 is 0. The van der Waals surface area contributed by atoms with E-state index in [0.717, 1.165) is 0 Å². The molecule has 0 spiro atoms. The quantitative estimate of drug-likeness (QED) is 0.822. The summed E-state index contributed by atoms with van der Waals surface area (Å²) in [7, 11) is -2.12. The predicted octanol–water partition coefficient (Wildman–Crippen LogP) is -0.0949. The third kappa shape index (κ3) is 2.25. The van der Waals surface area contributed by atoms with Gasteiger partial charge in [-0.1, -0.05) is 0 Å². The van der Waals surface area contributed by atoms with E-state index in [4.69, 9.17) is 5.73 Å². The van der Waals surface area contributed by atoms with Crippen LogP contribution in [0.5, 0.6) is 0 Å². The summed E-state index contributed by atoms with van der Waals surface area (Å²) in [5.74, 6) is -0.0984. The minimum Gasteiger partial charge on any atom is -0.384 e. The molecular weight excluding hydrogens is 280 g/mol. The molecule has 20 heavy (non-hydrogen) atoms. The fourth-order valence-corrected chi connectivity index (χ4v) is 4.09. The Morgan fingerprint density at radius 2 is 2.00 bits per heavy atom. The lowest BCUT2D eigenvalue weighted by molar-refractivity contribution is -0.142. The Labute approximate surface area is 118 Å². The third-order valence-electron chi connectivity index (χ3n) is 3.47. The fourth-order valence-electron chi connectivity index (χ4n) is 2.33. The number of carbonyl (C=O) groups is 1. The number of piperazine rings is 1. The second-order valence-corrected chi connectivity index (χ2v) is 7.14. The van der Waals surface area contributed by atoms with E-state index in [-0.39, 0.29) is 23.2 Å². The Kier molecular flexibility index (Phi) is 3.47. The molecule has 0 aromatic carbocycles. The summed E-state index contributed by atoms with van der Waals surface area (Å²) in [5, 5.41) is 0. The fraction of sp³-hybridized carbons (Fsp3) is 0.500. The zero-order valence-corrected chi connectivity index (χ0v) is 12.5. The normalized spacial score (nSPS) is 20.1. The van der Waals surface area contributed by atoms with E-state index >= 15 is 0 Å². The molecule has 0 saturated carbocycles. The lowest BCUT2D eigenvalue weighted by atomic mass is 10.0. The van der Waals surface area contributed by atoms with Gasteiger partial charge in [0.15, 0.2) is 0 Å². The molecule has 2 rings (SSSR count). The van der Waals surface area contributed by atoms with Crippen LogP contribution in [0.25, 0.3) is 0 Å². The number of aromatic nitrogens is 1. The van der Waals surface area contributed by atoms with Crippen LogP contribution in [0.4, 0.5) is 5.82 Å². The van der Waals surface area contributed by atoms with Crippen LogP contribution < -0.4 is 5.73 Å². The maximum absolute atomic E-state index is 12.7. The summed E-state index contributed by atoms with van der Waals surface area (Å²) in [6, 6.07) is 2.68. The minimum atomic E-state index is -3.78. The number of sulfonamides is 1. The molecule has 1 amide bonds. The van der Waals surface area contributed by atoms with Crippen LogP contribution in [-0.4, -0.2) is 54.2 Å². The Morgan fingerprint density at radius 1 is 1.35 bits per heavy atom. The molecule has 7 nitrogen and oxygen atoms in total. The van der Waals surface area contributed by atoms with Gasteiger partial charge in [-0.25, -0.2) is 13.4 Å². The number of hydrogen-bond acceptors (Lipinski definition) is 5. The van der Waals surface area contributed by atoms with Gasteiger partial charge in [-0.15, -0.1) is 0 Å². The highest BCUT2D eigenvalue weighted by Gasteiger charge is 2.46. The number of nitrogen functional groups attached to an aromatic ring is 1. The Balaban J connectivity index is 2.47. The molecule has 1 aliphatic rings. The van der Waals surface area contributed by atoms with Gasteiger partial charge in [-0.2, -0.15) is 4.31 Å². The van der Waals surface area contributed by atoms with E-state index in [2.05, 4.69) is 4.98 Å². The molecule has 110 valence electrons. The summed E-state index contributed by atoms with van der Waals surface area (Å²) < 4.78 is 26.6. The van der Waals surface area contributed by atoms with Gasteiger partial charge in [0.2, 0.25) is 15.9 Å². The number of likely N-dealkylation sites (N-methyl/N-ethyl adjacent to an activating group) is 1. The smallest absolute Gasteiger partial charge is 0.244 e. The lowest BCUT2D eigenvalue weighted by Gasteiger charge is -2.43. The van der Waals surface area contributed by atoms with Crippen molar-refractivity contribution in [1.82, 2.24) is 14.2 Å². The molecule has 1 aromatic rings. The van der Waals surface area contributed by atoms with Crippen molar-refractivity contribution in [2.24, 2.45) is 0 Å². The standard InChI is InChI=1S/C12H18N4O3S/c1-12(2)11(17)15(3)6-7-16(12)20(18,19)9-4-5-14-10(13)8-9/h4-5,8H,6-7H2,1-3H3,(H2,13,14). The van der Waals surface area contributed by atoms with Crippen LogP contribution in [-0.2, 0) is 14.8 Å². The molecule has 0 radical (unpaired) electrons. The van der Waals surface area contributed by atoms with Crippen molar-refractivity contribution in [3.05, 3.63) is 18.3 Å². The van der Waals surface area contributed by atoms with E-state index < -0.39 is 15.6 Å². The molecule has 2 N–H and O–H groups in total. The van der Waals surface area contributed by atoms with E-state index in [1.807, 2.05) is 0 Å². The van der Waals surface area contributed by atoms with Gasteiger partial charge in [0, 0.05) is 32.4 Å². The van der Waals surface area contributed by atoms with Gasteiger partial charge in [-0.3, -0.25) is 4.79 Å². The molecule has 1 saturated heterocycles. The maximum Gasteiger partial charge on any atom is 0.244 e. The summed E-state index contributed by atoms with van der Waals surface area (Å²) in [6.45, 7) is 3.82. The number of anilines is 1. The topological polar surface area (TPSA) is 96.6 Å². The second-order valence-electron chi connectivity index (χ2n) is 5.28. The monoisotopic (exact) mass is 298 g/mol. The van der Waals surface area contributed by atoms with Gasteiger partial charge in [-0.05, 0) is 19.9 Å². The first kappa shape index (κ1) is 14.7. The second kappa shape index (κ2) is 4.71. The number of pyridine rings is 1. The minimum absolute atomic E-state index is 0.0513. The van der Waals surface area contributed by atoms with Crippen LogP contribution in [0.1, 0.15) is 13.8 Å². The maximum atomic E-state index is 12.7. The Hall–Kier alpha value is -1.67. The molecule has 0 bridgehead atoms. The van der Waals surface area contributed by atoms with Crippen LogP contribution in [0.3, 0.4) is 0 Å². The predicted molar refractivity (Wildman–Crippen MR) is 74.3 cm³/mol. The molecular formula is C12H18N4O3S. The van der Waals surface area contributed by atoms with Crippen LogP contribution >= 0.6 is 0 Å². The van der Waals surface area contributed by atoms with E-state index in [9.17, 15) is 13.2 Å². The zero-order chi connectivity index (χ0) is 15.1. The first-order chi connectivity index (χ1) is 9.17. The van der Waals surface area contributed by atoms with Crippen molar-refractivity contribution in [1.29, 1.82) is 0 Å². The van der Waals surface area contributed by atoms with Gasteiger partial charge < -0.3 is 10.6 Å². The van der Waals surface area contributed by atoms with Crippen molar-refractivity contribution in [3.8, 4) is 0 Å². The molecule has 0 aliphatic carbocycles. The lowest BCUT2D eigenvalue weighted by Crippen LogP contribution is -2.63. The molecule has 0 atom stereocenters. The Bertz CT molecular complexity index is 642. The molecule has 0 unspecified atom stereocenters. The first-order valence-electron chi connectivity index (χ1n) is 6.17. The molecule has 8 heteroatoms. The summed E-state index contributed by atoms with van der Waals surface area (Å²) in [4.78, 5) is 17.6. The highest BCUT2D eigenvalue weighted by atomic mass is 32.2. The van der Waals surface area contributed by atoms with Crippen LogP contribution in [0, 0.1) is 0 Å². The highest BCUT2D eigenvalue weighted by Crippen LogP contribution is 2.29. The van der Waals surface area contributed by atoms with E-state index in [1.54, 1.807) is 20.9 Å². The number of hydrogen-bond donors (Lipinski definition) is 1. The van der Waals surface area contributed by atoms with E-state index in [0.29, 0.717) is 6.54 Å². The third-order valence-corrected chi connectivity index (χ3v) is 5.54. The SMILES string of the molecule is CN1CCN(S(=O)(=O)c2ccnc(N)c2)C(C)(C)C1=O. The summed E-state index contributed by atoms with van der Waals surface area (Å²) in [6.07, 6.45) is 1.34. The number of nitrogens with two attached hydrogens (primary N) is 1. The van der Waals surface area contributed by atoms with Crippen LogP contribution in [0.15, 0.2) is 23.2 Å². The van der Waals surface area contributed by atoms with Gasteiger partial charge in [0.25, 0.3) is 0 Å². The average molecular weight is 298 g/mol. The summed E-state index contributed by atoms with van der Waals surface area (Å²) in [5.41, 5.74) is 4.41. The highest BCUT2D eigenvalue weighted by molar-refractivity contribution is 7.89. The largest absolute Gasteiger partial charge is 0.384 e. The van der Waals surface area contributed by atoms with Gasteiger partial charge in [0.1, 0.15) is 11.4 Å². The van der Waals surface area contributed by atoms with Crippen molar-refractivity contribution in [2.75, 3.05) is 25.9 Å². The van der Waals surface area contributed by atoms with E-state index in [1.165, 1.54) is 27.5 Å². The van der Waals surface area contributed by atoms with Gasteiger partial charge >= 0.3 is 0 Å². The van der Waals surface area contributed by atoms with Crippen molar-refractivity contribution >= 4 is 21.7 Å². The molecule has 1 aliphatic heterocycles.